The lowest BCUT2D eigenvalue weighted by Gasteiger charge is -2.39. The number of aliphatic hydroxyl groups is 1. The van der Waals surface area contributed by atoms with Gasteiger partial charge < -0.3 is 5.11 Å². The second-order valence-electron chi connectivity index (χ2n) is 9.73. The largest absolute Gasteiger partial charge is 0.512 e. The number of allylic oxidation sites excluding steroid dienone is 2. The summed E-state index contributed by atoms with van der Waals surface area (Å²) in [6.07, 6.45) is 0.793. The van der Waals surface area contributed by atoms with Crippen molar-refractivity contribution in [1.82, 2.24) is 0 Å². The van der Waals surface area contributed by atoms with E-state index in [9.17, 15) is 23.9 Å². The minimum Gasteiger partial charge on any atom is -0.512 e. The van der Waals surface area contributed by atoms with Crippen molar-refractivity contribution in [3.8, 4) is 0 Å². The van der Waals surface area contributed by atoms with Gasteiger partial charge in [0.2, 0.25) is 0 Å². The molecule has 0 aromatic heterocycles. The average Bonchev–Trinajstić information content (AvgIpc) is 2.50. The van der Waals surface area contributed by atoms with Gasteiger partial charge in [-0.05, 0) is 22.5 Å². The quantitative estimate of drug-likeness (QED) is 0.766. The Morgan fingerprint density at radius 3 is 2.00 bits per heavy atom. The van der Waals surface area contributed by atoms with E-state index < -0.39 is 28.5 Å². The van der Waals surface area contributed by atoms with Crippen LogP contribution in [0.4, 0.5) is 4.39 Å². The zero-order valence-electron chi connectivity index (χ0n) is 16.8. The van der Waals surface area contributed by atoms with Crippen LogP contribution in [0, 0.1) is 22.6 Å². The monoisotopic (exact) mass is 386 g/mol. The number of aliphatic hydroxyl groups excluding tert-OH is 1. The van der Waals surface area contributed by atoms with E-state index in [0.717, 1.165) is 0 Å². The highest BCUT2D eigenvalue weighted by atomic mass is 19.1. The van der Waals surface area contributed by atoms with E-state index in [1.165, 1.54) is 18.2 Å². The first-order valence-electron chi connectivity index (χ1n) is 9.67. The van der Waals surface area contributed by atoms with Crippen LogP contribution >= 0.6 is 0 Å². The molecule has 0 spiro atoms. The van der Waals surface area contributed by atoms with Gasteiger partial charge in [0.25, 0.3) is 0 Å². The van der Waals surface area contributed by atoms with Crippen LogP contribution in [0.3, 0.4) is 0 Å². The lowest BCUT2D eigenvalue weighted by molar-refractivity contribution is -0.140. The molecule has 0 unspecified atom stereocenters. The first-order valence-corrected chi connectivity index (χ1v) is 9.67. The number of carbonyl (C=O) groups is 3. The van der Waals surface area contributed by atoms with Crippen molar-refractivity contribution in [2.45, 2.75) is 59.3 Å². The topological polar surface area (TPSA) is 71.4 Å². The molecule has 1 saturated carbocycles. The second-order valence-corrected chi connectivity index (χ2v) is 9.73. The maximum atomic E-state index is 14.7. The summed E-state index contributed by atoms with van der Waals surface area (Å²) in [7, 11) is 0. The Morgan fingerprint density at radius 2 is 1.46 bits per heavy atom. The van der Waals surface area contributed by atoms with Gasteiger partial charge >= 0.3 is 0 Å². The molecular formula is C23H27FO4. The number of benzene rings is 1. The number of hydrogen-bond acceptors (Lipinski definition) is 4. The van der Waals surface area contributed by atoms with Gasteiger partial charge in [-0.2, -0.15) is 0 Å². The predicted octanol–water partition coefficient (Wildman–Crippen LogP) is 4.68. The van der Waals surface area contributed by atoms with Crippen molar-refractivity contribution in [2.24, 2.45) is 16.7 Å². The molecule has 2 aliphatic carbocycles. The summed E-state index contributed by atoms with van der Waals surface area (Å²) < 4.78 is 14.7. The van der Waals surface area contributed by atoms with Crippen molar-refractivity contribution in [1.29, 1.82) is 0 Å². The Balaban J connectivity index is 2.18. The van der Waals surface area contributed by atoms with Gasteiger partial charge in [-0.15, -0.1) is 0 Å². The highest BCUT2D eigenvalue weighted by Gasteiger charge is 2.49. The van der Waals surface area contributed by atoms with Crippen molar-refractivity contribution in [3.05, 3.63) is 47.0 Å². The van der Waals surface area contributed by atoms with Gasteiger partial charge in [-0.25, -0.2) is 4.39 Å². The molecular weight excluding hydrogens is 359 g/mol. The molecule has 0 heterocycles. The van der Waals surface area contributed by atoms with E-state index in [1.807, 2.05) is 27.7 Å². The summed E-state index contributed by atoms with van der Waals surface area (Å²) in [5.41, 5.74) is -0.744. The molecule has 0 aliphatic heterocycles. The molecule has 5 heteroatoms. The van der Waals surface area contributed by atoms with Gasteiger partial charge in [0, 0.05) is 37.2 Å². The van der Waals surface area contributed by atoms with Crippen LogP contribution in [0.2, 0.25) is 0 Å². The number of Topliss-reactive ketones (excluding diaryl/α,β-unsaturated/α-hetero) is 3. The van der Waals surface area contributed by atoms with Gasteiger partial charge in [0.1, 0.15) is 23.1 Å². The molecule has 28 heavy (non-hydrogen) atoms. The van der Waals surface area contributed by atoms with E-state index in [1.54, 1.807) is 6.07 Å². The highest BCUT2D eigenvalue weighted by Crippen LogP contribution is 2.47. The lowest BCUT2D eigenvalue weighted by atomic mass is 9.62. The van der Waals surface area contributed by atoms with Crippen molar-refractivity contribution in [2.75, 3.05) is 0 Å². The normalized spacial score (nSPS) is 23.8. The van der Waals surface area contributed by atoms with Crippen molar-refractivity contribution < 1.29 is 23.9 Å². The average molecular weight is 386 g/mol. The molecule has 0 amide bonds. The number of rotatable bonds is 3. The Morgan fingerprint density at radius 1 is 0.929 bits per heavy atom. The van der Waals surface area contributed by atoms with Gasteiger partial charge in [-0.3, -0.25) is 14.4 Å². The SMILES string of the molecule is CC1(C)CC(=O)C([C@H](C2=C(O)CC(C)(C)CC2=O)c2ccccc2F)C(=O)C1. The Hall–Kier alpha value is -2.30. The van der Waals surface area contributed by atoms with Crippen LogP contribution in [0.5, 0.6) is 0 Å². The minimum atomic E-state index is -1.15. The molecule has 4 nitrogen and oxygen atoms in total. The number of hydrogen-bond donors (Lipinski definition) is 1. The summed E-state index contributed by atoms with van der Waals surface area (Å²) in [5.74, 6) is -3.88. The molecule has 1 fully saturated rings. The zero-order valence-corrected chi connectivity index (χ0v) is 16.8. The fraction of sp³-hybridized carbons (Fsp3) is 0.522. The molecule has 0 bridgehead atoms. The molecule has 0 radical (unpaired) electrons. The molecule has 0 saturated heterocycles. The molecule has 1 N–H and O–H groups in total. The van der Waals surface area contributed by atoms with Crippen LogP contribution < -0.4 is 0 Å². The van der Waals surface area contributed by atoms with E-state index in [4.69, 9.17) is 0 Å². The van der Waals surface area contributed by atoms with Gasteiger partial charge in [0.15, 0.2) is 5.78 Å². The predicted molar refractivity (Wildman–Crippen MR) is 103 cm³/mol. The summed E-state index contributed by atoms with van der Waals surface area (Å²) >= 11 is 0. The maximum Gasteiger partial charge on any atom is 0.163 e. The Kier molecular flexibility index (Phi) is 5.07. The molecule has 1 atom stereocenters. The second kappa shape index (κ2) is 6.94. The van der Waals surface area contributed by atoms with Crippen LogP contribution in [0.15, 0.2) is 35.6 Å². The standard InChI is InChI=1S/C23H27FO4/c1-22(2)9-15(25)20(16(26)10-22)19(13-7-5-6-8-14(13)24)21-17(27)11-23(3,4)12-18(21)28/h5-8,19-20,27H,9-12H2,1-4H3/t19-/m1/s1. The van der Waals surface area contributed by atoms with Gasteiger partial charge in [0.05, 0.1) is 5.92 Å². The number of carbonyl (C=O) groups excluding carboxylic acids is 3. The third-order valence-corrected chi connectivity index (χ3v) is 5.78. The summed E-state index contributed by atoms with van der Waals surface area (Å²) in [6, 6.07) is 5.87. The van der Waals surface area contributed by atoms with Crippen LogP contribution in [-0.4, -0.2) is 22.5 Å². The van der Waals surface area contributed by atoms with Crippen LogP contribution in [0.25, 0.3) is 0 Å². The smallest absolute Gasteiger partial charge is 0.163 e. The zero-order chi connectivity index (χ0) is 20.9. The summed E-state index contributed by atoms with van der Waals surface area (Å²) in [4.78, 5) is 38.9. The molecule has 3 rings (SSSR count). The first kappa shape index (κ1) is 20.4. The fourth-order valence-electron chi connectivity index (χ4n) is 4.66. The molecule has 1 aromatic rings. The lowest BCUT2D eigenvalue weighted by Crippen LogP contribution is -2.43. The maximum absolute atomic E-state index is 14.7. The van der Waals surface area contributed by atoms with Crippen molar-refractivity contribution in [3.63, 3.8) is 0 Å². The number of ketones is 3. The third kappa shape index (κ3) is 3.80. The summed E-state index contributed by atoms with van der Waals surface area (Å²) in [5, 5.41) is 10.7. The Bertz CT molecular complexity index is 858. The third-order valence-electron chi connectivity index (χ3n) is 5.78. The minimum absolute atomic E-state index is 0.0239. The van der Waals surface area contributed by atoms with E-state index in [0.29, 0.717) is 0 Å². The van der Waals surface area contributed by atoms with E-state index in [-0.39, 0.29) is 59.9 Å². The molecule has 150 valence electrons. The van der Waals surface area contributed by atoms with Gasteiger partial charge in [-0.1, -0.05) is 45.9 Å². The first-order chi connectivity index (χ1) is 12.9. The highest BCUT2D eigenvalue weighted by molar-refractivity contribution is 6.09. The molecule has 2 aliphatic rings. The Labute approximate surface area is 164 Å². The van der Waals surface area contributed by atoms with E-state index in [2.05, 4.69) is 0 Å². The summed E-state index contributed by atoms with van der Waals surface area (Å²) in [6.45, 7) is 7.44. The van der Waals surface area contributed by atoms with Crippen LogP contribution in [-0.2, 0) is 14.4 Å². The number of halogens is 1. The van der Waals surface area contributed by atoms with E-state index >= 15 is 0 Å². The van der Waals surface area contributed by atoms with Crippen LogP contribution in [0.1, 0.15) is 64.9 Å². The molecule has 1 aromatic carbocycles. The van der Waals surface area contributed by atoms with Crippen molar-refractivity contribution >= 4 is 17.3 Å². The fourth-order valence-corrected chi connectivity index (χ4v) is 4.66.